The molecule has 0 aromatic heterocycles. The highest BCUT2D eigenvalue weighted by Crippen LogP contribution is 2.34. The molecule has 1 aliphatic carbocycles. The fourth-order valence-corrected chi connectivity index (χ4v) is 3.52. The van der Waals surface area contributed by atoms with E-state index in [9.17, 15) is 24.0 Å². The summed E-state index contributed by atoms with van der Waals surface area (Å²) in [6, 6.07) is 3.11. The standard InChI is InChI=1S/C24H26N4O8/c1-5-34-14(29)9-26-23(32)13-8-7-11(3)21-18(13)28-19-16(24(33)27-10-15(30)35-6-2)17(25)20(31)12(4)22(19)36-21/h7-8H,5-6,9-10,25H2,1-4H3,(H,26,32)(H,27,33). The van der Waals surface area contributed by atoms with Gasteiger partial charge in [0.1, 0.15) is 24.3 Å². The summed E-state index contributed by atoms with van der Waals surface area (Å²) in [5, 5.41) is 4.82. The smallest absolute Gasteiger partial charge is 0.325 e. The number of nitrogen functional groups attached to an aromatic ring is 1. The third kappa shape index (κ3) is 5.11. The van der Waals surface area contributed by atoms with Crippen molar-refractivity contribution in [3.05, 3.63) is 44.6 Å². The molecule has 1 aromatic rings. The third-order valence-corrected chi connectivity index (χ3v) is 5.27. The van der Waals surface area contributed by atoms with E-state index in [0.29, 0.717) is 5.56 Å². The van der Waals surface area contributed by atoms with Crippen LogP contribution in [0.5, 0.6) is 0 Å². The molecule has 0 bridgehead atoms. The Morgan fingerprint density at radius 3 is 2.14 bits per heavy atom. The van der Waals surface area contributed by atoms with Gasteiger partial charge in [0.2, 0.25) is 5.43 Å². The number of nitrogens with one attached hydrogen (secondary N) is 2. The molecule has 190 valence electrons. The zero-order chi connectivity index (χ0) is 26.6. The summed E-state index contributed by atoms with van der Waals surface area (Å²) >= 11 is 0. The Hall–Kier alpha value is -4.48. The number of rotatable bonds is 8. The van der Waals surface area contributed by atoms with Crippen LogP contribution in [0.3, 0.4) is 0 Å². The summed E-state index contributed by atoms with van der Waals surface area (Å²) in [5.74, 6) is -2.76. The summed E-state index contributed by atoms with van der Waals surface area (Å²) in [6.07, 6.45) is 0. The van der Waals surface area contributed by atoms with Crippen LogP contribution in [0.25, 0.3) is 22.6 Å². The van der Waals surface area contributed by atoms with E-state index in [1.807, 2.05) is 0 Å². The van der Waals surface area contributed by atoms with Crippen molar-refractivity contribution < 1.29 is 33.1 Å². The van der Waals surface area contributed by atoms with E-state index in [1.54, 1.807) is 26.8 Å². The van der Waals surface area contributed by atoms with Crippen LogP contribution in [0, 0.1) is 13.8 Å². The molecule has 0 atom stereocenters. The SMILES string of the molecule is CCOC(=O)CNC(=O)c1c2nc3c(C(=O)NCC(=O)OCC)ccc(C)c3oc-2c(C)c(=O)c1N. The van der Waals surface area contributed by atoms with Gasteiger partial charge in [0, 0.05) is 5.56 Å². The Kier molecular flexibility index (Phi) is 7.87. The fraction of sp³-hybridized carbons (Fsp3) is 0.333. The summed E-state index contributed by atoms with van der Waals surface area (Å²) in [5.41, 5.74) is 5.70. The number of carbonyl (C=O) groups excluding carboxylic acids is 4. The minimum absolute atomic E-state index is 0.00941. The van der Waals surface area contributed by atoms with Gasteiger partial charge < -0.3 is 30.3 Å². The molecule has 0 fully saturated rings. The average Bonchev–Trinajstić information content (AvgIpc) is 2.85. The minimum atomic E-state index is -0.842. The van der Waals surface area contributed by atoms with E-state index in [-0.39, 0.29) is 64.7 Å². The molecule has 2 amide bonds. The highest BCUT2D eigenvalue weighted by Gasteiger charge is 2.29. The largest absolute Gasteiger partial charge is 0.465 e. The first kappa shape index (κ1) is 26.1. The lowest BCUT2D eigenvalue weighted by Gasteiger charge is -2.17. The van der Waals surface area contributed by atoms with Crippen LogP contribution in [0.4, 0.5) is 5.69 Å². The molecular weight excluding hydrogens is 472 g/mol. The quantitative estimate of drug-likeness (QED) is 0.231. The zero-order valence-corrected chi connectivity index (χ0v) is 20.3. The predicted molar refractivity (Wildman–Crippen MR) is 129 cm³/mol. The van der Waals surface area contributed by atoms with Crippen LogP contribution < -0.4 is 21.8 Å². The van der Waals surface area contributed by atoms with Gasteiger partial charge in [-0.15, -0.1) is 0 Å². The molecular formula is C24H26N4O8. The van der Waals surface area contributed by atoms with Gasteiger partial charge in [0.05, 0.1) is 30.0 Å². The van der Waals surface area contributed by atoms with Gasteiger partial charge in [0.25, 0.3) is 11.8 Å². The normalized spacial score (nSPS) is 10.8. The Morgan fingerprint density at radius 1 is 0.972 bits per heavy atom. The molecule has 0 radical (unpaired) electrons. The second-order valence-corrected chi connectivity index (χ2v) is 7.72. The molecule has 4 N–H and O–H groups in total. The second kappa shape index (κ2) is 10.8. The fourth-order valence-electron chi connectivity index (χ4n) is 3.52. The number of amides is 2. The lowest BCUT2D eigenvalue weighted by Crippen LogP contribution is -2.33. The number of anilines is 1. The van der Waals surface area contributed by atoms with Crippen molar-refractivity contribution in [2.75, 3.05) is 32.0 Å². The number of aromatic nitrogens is 1. The molecule has 0 spiro atoms. The highest BCUT2D eigenvalue weighted by molar-refractivity contribution is 6.09. The third-order valence-electron chi connectivity index (χ3n) is 5.27. The first-order valence-corrected chi connectivity index (χ1v) is 11.1. The summed E-state index contributed by atoms with van der Waals surface area (Å²) in [7, 11) is 0. The molecule has 2 aliphatic rings. The zero-order valence-electron chi connectivity index (χ0n) is 20.3. The van der Waals surface area contributed by atoms with Crippen molar-refractivity contribution in [2.45, 2.75) is 27.7 Å². The van der Waals surface area contributed by atoms with Crippen molar-refractivity contribution >= 4 is 40.5 Å². The molecule has 36 heavy (non-hydrogen) atoms. The van der Waals surface area contributed by atoms with Crippen molar-refractivity contribution in [1.29, 1.82) is 0 Å². The topological polar surface area (TPSA) is 180 Å². The second-order valence-electron chi connectivity index (χ2n) is 7.72. The Balaban J connectivity index is 2.17. The van der Waals surface area contributed by atoms with E-state index < -0.39 is 35.7 Å². The van der Waals surface area contributed by atoms with Crippen LogP contribution in [0.2, 0.25) is 0 Å². The maximum atomic E-state index is 13.0. The van der Waals surface area contributed by atoms with Crippen LogP contribution in [0.1, 0.15) is 45.7 Å². The average molecular weight is 498 g/mol. The van der Waals surface area contributed by atoms with Gasteiger partial charge in [-0.1, -0.05) is 6.07 Å². The van der Waals surface area contributed by atoms with Gasteiger partial charge in [-0.05, 0) is 39.3 Å². The van der Waals surface area contributed by atoms with E-state index in [1.165, 1.54) is 13.0 Å². The number of carbonyl (C=O) groups is 4. The van der Waals surface area contributed by atoms with Gasteiger partial charge >= 0.3 is 11.9 Å². The molecule has 1 heterocycles. The van der Waals surface area contributed by atoms with Crippen molar-refractivity contribution in [3.63, 3.8) is 0 Å². The van der Waals surface area contributed by atoms with Gasteiger partial charge in [-0.3, -0.25) is 24.0 Å². The van der Waals surface area contributed by atoms with Crippen LogP contribution in [0.15, 0.2) is 21.3 Å². The van der Waals surface area contributed by atoms with Crippen LogP contribution in [-0.4, -0.2) is 55.0 Å². The van der Waals surface area contributed by atoms with Crippen LogP contribution >= 0.6 is 0 Å². The Bertz CT molecular complexity index is 1400. The minimum Gasteiger partial charge on any atom is -0.465 e. The first-order valence-electron chi connectivity index (χ1n) is 11.1. The summed E-state index contributed by atoms with van der Waals surface area (Å²) < 4.78 is 15.6. The van der Waals surface area contributed by atoms with E-state index in [2.05, 4.69) is 15.6 Å². The summed E-state index contributed by atoms with van der Waals surface area (Å²) in [6.45, 7) is 5.93. The van der Waals surface area contributed by atoms with E-state index in [4.69, 9.17) is 19.6 Å². The predicted octanol–water partition coefficient (Wildman–Crippen LogP) is 1.08. The highest BCUT2D eigenvalue weighted by atomic mass is 16.5. The molecule has 0 saturated carbocycles. The number of benzene rings is 2. The van der Waals surface area contributed by atoms with Gasteiger partial charge in [-0.25, -0.2) is 4.98 Å². The number of hydrogen-bond acceptors (Lipinski definition) is 10. The lowest BCUT2D eigenvalue weighted by molar-refractivity contribution is -0.142. The Morgan fingerprint density at radius 2 is 1.56 bits per heavy atom. The van der Waals surface area contributed by atoms with Gasteiger partial charge in [0.15, 0.2) is 11.3 Å². The molecule has 1 aromatic carbocycles. The molecule has 3 rings (SSSR count). The number of aryl methyl sites for hydroxylation is 1. The molecule has 12 heteroatoms. The number of hydrogen-bond donors (Lipinski definition) is 3. The number of esters is 2. The number of ether oxygens (including phenoxy) is 2. The van der Waals surface area contributed by atoms with E-state index in [0.717, 1.165) is 0 Å². The van der Waals surface area contributed by atoms with Crippen molar-refractivity contribution in [3.8, 4) is 11.5 Å². The molecule has 12 nitrogen and oxygen atoms in total. The summed E-state index contributed by atoms with van der Waals surface area (Å²) in [4.78, 5) is 66.4. The van der Waals surface area contributed by atoms with E-state index >= 15 is 0 Å². The number of nitrogens with zero attached hydrogens (tertiary/aromatic N) is 1. The van der Waals surface area contributed by atoms with Crippen molar-refractivity contribution in [2.24, 2.45) is 0 Å². The first-order chi connectivity index (χ1) is 17.1. The monoisotopic (exact) mass is 498 g/mol. The van der Waals surface area contributed by atoms with Gasteiger partial charge in [-0.2, -0.15) is 0 Å². The maximum absolute atomic E-state index is 13.0. The number of nitrogens with two attached hydrogens (primary N) is 1. The maximum Gasteiger partial charge on any atom is 0.325 e. The molecule has 1 aliphatic heterocycles. The molecule has 0 unspecified atom stereocenters. The van der Waals surface area contributed by atoms with Crippen molar-refractivity contribution in [1.82, 2.24) is 15.6 Å². The van der Waals surface area contributed by atoms with Crippen LogP contribution in [-0.2, 0) is 19.1 Å². The Labute approximate surface area is 205 Å². The lowest BCUT2D eigenvalue weighted by atomic mass is 9.99. The number of fused-ring (bicyclic) bond motifs is 2. The molecule has 0 saturated heterocycles.